The van der Waals surface area contributed by atoms with Gasteiger partial charge in [-0.15, -0.1) is 0 Å². The molecule has 0 amide bonds. The van der Waals surface area contributed by atoms with Crippen molar-refractivity contribution in [1.29, 1.82) is 0 Å². The monoisotopic (exact) mass is 389 g/mol. The van der Waals surface area contributed by atoms with Gasteiger partial charge in [0.15, 0.2) is 16.6 Å². The van der Waals surface area contributed by atoms with Crippen LogP contribution in [-0.2, 0) is 4.43 Å². The van der Waals surface area contributed by atoms with Crippen LogP contribution in [0.25, 0.3) is 0 Å². The van der Waals surface area contributed by atoms with Crippen molar-refractivity contribution >= 4 is 16.6 Å². The third-order valence-electron chi connectivity index (χ3n) is 7.10. The molecular formula is C19H43NO3Si2. The van der Waals surface area contributed by atoms with Gasteiger partial charge >= 0.3 is 0 Å². The Morgan fingerprint density at radius 2 is 1.68 bits per heavy atom. The Labute approximate surface area is 158 Å². The van der Waals surface area contributed by atoms with Crippen LogP contribution in [-0.4, -0.2) is 51.3 Å². The summed E-state index contributed by atoms with van der Waals surface area (Å²) in [5.41, 5.74) is -0.0696. The molecule has 1 aliphatic heterocycles. The molecule has 0 radical (unpaired) electrons. The van der Waals surface area contributed by atoms with Crippen LogP contribution in [0.1, 0.15) is 60.3 Å². The molecule has 25 heavy (non-hydrogen) atoms. The van der Waals surface area contributed by atoms with E-state index >= 15 is 0 Å². The molecule has 1 rings (SSSR count). The summed E-state index contributed by atoms with van der Waals surface area (Å²) in [4.78, 5) is 10.6. The minimum atomic E-state index is -2.21. The highest BCUT2D eigenvalue weighted by Gasteiger charge is 2.45. The first-order valence-corrected chi connectivity index (χ1v) is 15.7. The summed E-state index contributed by atoms with van der Waals surface area (Å²) in [6.07, 6.45) is 4.00. The van der Waals surface area contributed by atoms with E-state index in [9.17, 15) is 9.90 Å². The van der Waals surface area contributed by atoms with Gasteiger partial charge in [0.1, 0.15) is 0 Å². The topological polar surface area (TPSA) is 61.7 Å². The zero-order valence-corrected chi connectivity index (χ0v) is 20.1. The molecule has 0 saturated carbocycles. The van der Waals surface area contributed by atoms with Gasteiger partial charge in [-0.2, -0.15) is 0 Å². The van der Waals surface area contributed by atoms with E-state index in [1.165, 1.54) is 0 Å². The summed E-state index contributed by atoms with van der Waals surface area (Å²) in [5.74, 6) is 0. The minimum absolute atomic E-state index is 0.0318. The van der Waals surface area contributed by atoms with Crippen molar-refractivity contribution in [3.8, 4) is 0 Å². The average molecular weight is 390 g/mol. The Hall–Kier alpha value is 0.274. The maximum atomic E-state index is 10.6. The fraction of sp³-hybridized carbons (Fsp3) is 1.00. The van der Waals surface area contributed by atoms with Crippen molar-refractivity contribution in [2.24, 2.45) is 0 Å². The molecule has 1 heterocycles. The maximum Gasteiger partial charge on any atom is 0.192 e. The zero-order valence-electron chi connectivity index (χ0n) is 18.1. The van der Waals surface area contributed by atoms with Crippen LogP contribution in [0.15, 0.2) is 0 Å². The van der Waals surface area contributed by atoms with Gasteiger partial charge in [0.05, 0.1) is 13.2 Å². The first-order chi connectivity index (χ1) is 11.1. The van der Waals surface area contributed by atoms with Gasteiger partial charge in [-0.25, -0.2) is 0 Å². The number of hydrogen-bond donors (Lipinski definition) is 3. The number of nitrogens with one attached hydrogen (secondary N) is 1. The number of rotatable bonds is 8. The number of hydrogen-bond acceptors (Lipinski definition) is 4. The Bertz CT molecular complexity index is 409. The lowest BCUT2D eigenvalue weighted by atomic mass is 9.89. The predicted octanol–water partition coefficient (Wildman–Crippen LogP) is 4.25. The lowest BCUT2D eigenvalue weighted by Gasteiger charge is -2.42. The molecule has 0 aromatic carbocycles. The highest BCUT2D eigenvalue weighted by molar-refractivity contribution is 6.74. The molecule has 0 aliphatic carbocycles. The summed E-state index contributed by atoms with van der Waals surface area (Å²) in [6.45, 7) is 20.8. The average Bonchev–Trinajstić information content (AvgIpc) is 2.85. The van der Waals surface area contributed by atoms with Crippen molar-refractivity contribution in [1.82, 2.24) is 5.32 Å². The second-order valence-corrected chi connectivity index (χ2v) is 20.1. The summed E-state index contributed by atoms with van der Waals surface area (Å²) < 4.78 is 6.57. The smallest absolute Gasteiger partial charge is 0.192 e. The third-order valence-corrected chi connectivity index (χ3v) is 15.1. The highest BCUT2D eigenvalue weighted by atomic mass is 28.4. The van der Waals surface area contributed by atoms with Gasteiger partial charge in [-0.3, -0.25) is 0 Å². The number of aliphatic hydroxyl groups is 1. The molecule has 0 aromatic rings. The summed E-state index contributed by atoms with van der Waals surface area (Å²) in [6, 6.07) is 0.172. The molecule has 2 unspecified atom stereocenters. The van der Waals surface area contributed by atoms with Gasteiger partial charge in [0.2, 0.25) is 0 Å². The predicted molar refractivity (Wildman–Crippen MR) is 112 cm³/mol. The highest BCUT2D eigenvalue weighted by Crippen LogP contribution is 2.44. The van der Waals surface area contributed by atoms with Crippen LogP contribution in [0.4, 0.5) is 0 Å². The van der Waals surface area contributed by atoms with Gasteiger partial charge in [-0.05, 0) is 61.9 Å². The van der Waals surface area contributed by atoms with Crippen LogP contribution < -0.4 is 5.32 Å². The minimum Gasteiger partial charge on any atom is -0.432 e. The van der Waals surface area contributed by atoms with E-state index in [-0.39, 0.29) is 28.3 Å². The Balaban J connectivity index is 2.87. The molecular weight excluding hydrogens is 346 g/mol. The molecule has 3 N–H and O–H groups in total. The van der Waals surface area contributed by atoms with Gasteiger partial charge in [0.25, 0.3) is 0 Å². The standard InChI is InChI=1S/C19H43NO3Si2/c1-17(2,3)25(8,9)23-15-19(11-10-16(14-21)20-19)13-12-18(4,5)24(6,7)22/h16,20-22H,10-15H2,1-9H3. The molecule has 150 valence electrons. The molecule has 6 heteroatoms. The fourth-order valence-corrected chi connectivity index (χ4v) is 4.75. The van der Waals surface area contributed by atoms with Crippen molar-refractivity contribution in [3.05, 3.63) is 0 Å². The molecule has 2 atom stereocenters. The second kappa shape index (κ2) is 7.72. The first-order valence-electron chi connectivity index (χ1n) is 9.80. The quantitative estimate of drug-likeness (QED) is 0.543. The molecule has 1 saturated heterocycles. The summed E-state index contributed by atoms with van der Waals surface area (Å²) >= 11 is 0. The fourth-order valence-electron chi connectivity index (χ4n) is 2.94. The first kappa shape index (κ1) is 23.3. The van der Waals surface area contributed by atoms with E-state index in [2.05, 4.69) is 53.0 Å². The molecule has 1 fully saturated rings. The van der Waals surface area contributed by atoms with Crippen LogP contribution in [0.2, 0.25) is 36.3 Å². The number of aliphatic hydroxyl groups excluding tert-OH is 1. The molecule has 0 bridgehead atoms. The lowest BCUT2D eigenvalue weighted by Crippen LogP contribution is -2.53. The van der Waals surface area contributed by atoms with E-state index in [0.717, 1.165) is 25.7 Å². The Morgan fingerprint density at radius 3 is 2.08 bits per heavy atom. The van der Waals surface area contributed by atoms with Crippen LogP contribution in [0, 0.1) is 0 Å². The Morgan fingerprint density at radius 1 is 1.12 bits per heavy atom. The van der Waals surface area contributed by atoms with E-state index in [4.69, 9.17) is 4.43 Å². The second-order valence-electron chi connectivity index (χ2n) is 10.8. The summed E-state index contributed by atoms with van der Waals surface area (Å²) in [5, 5.41) is 13.4. The van der Waals surface area contributed by atoms with Crippen molar-refractivity contribution in [2.75, 3.05) is 13.2 Å². The van der Waals surface area contributed by atoms with Crippen molar-refractivity contribution < 1.29 is 14.3 Å². The molecule has 0 aromatic heterocycles. The third kappa shape index (κ3) is 5.88. The van der Waals surface area contributed by atoms with E-state index in [1.54, 1.807) is 0 Å². The van der Waals surface area contributed by atoms with E-state index in [1.807, 2.05) is 13.1 Å². The van der Waals surface area contributed by atoms with Crippen LogP contribution in [0.5, 0.6) is 0 Å². The van der Waals surface area contributed by atoms with Gasteiger partial charge in [0, 0.05) is 11.6 Å². The van der Waals surface area contributed by atoms with Gasteiger partial charge in [-0.1, -0.05) is 34.6 Å². The van der Waals surface area contributed by atoms with Crippen LogP contribution >= 0.6 is 0 Å². The van der Waals surface area contributed by atoms with Crippen LogP contribution in [0.3, 0.4) is 0 Å². The lowest BCUT2D eigenvalue weighted by molar-refractivity contribution is 0.153. The SMILES string of the molecule is CC(C)(CCC1(CO[Si](C)(C)C(C)(C)C)CCC(CO)N1)[Si](C)(C)O. The Kier molecular flexibility index (Phi) is 7.20. The van der Waals surface area contributed by atoms with Gasteiger partial charge < -0.3 is 19.6 Å². The zero-order chi connectivity index (χ0) is 19.7. The molecule has 4 nitrogen and oxygen atoms in total. The van der Waals surface area contributed by atoms with E-state index < -0.39 is 16.6 Å². The molecule has 0 spiro atoms. The normalized spacial score (nSPS) is 26.3. The summed E-state index contributed by atoms with van der Waals surface area (Å²) in [7, 11) is -4.02. The maximum absolute atomic E-state index is 10.6. The largest absolute Gasteiger partial charge is 0.432 e. The van der Waals surface area contributed by atoms with E-state index in [0.29, 0.717) is 6.61 Å². The van der Waals surface area contributed by atoms with Crippen molar-refractivity contribution in [3.63, 3.8) is 0 Å². The molecule has 1 aliphatic rings. The van der Waals surface area contributed by atoms with Crippen molar-refractivity contribution in [2.45, 2.75) is 108 Å².